The number of methoxy groups -OCH3 is 1. The minimum atomic E-state index is -4.44. The highest BCUT2D eigenvalue weighted by atomic mass is 19.4. The third-order valence-corrected chi connectivity index (χ3v) is 3.48. The number of ether oxygens (including phenoxy) is 1. The number of alkyl halides is 3. The number of rotatable bonds is 5. The van der Waals surface area contributed by atoms with Gasteiger partial charge in [0.05, 0.1) is 24.7 Å². The van der Waals surface area contributed by atoms with Crippen LogP contribution in [-0.2, 0) is 28.7 Å². The number of carbonyl (C=O) groups is 2. The zero-order chi connectivity index (χ0) is 18.4. The molecule has 0 bridgehead atoms. The second-order valence-corrected chi connectivity index (χ2v) is 5.34. The average molecular weight is 351 g/mol. The van der Waals surface area contributed by atoms with Crippen molar-refractivity contribution in [1.29, 1.82) is 0 Å². The van der Waals surface area contributed by atoms with Gasteiger partial charge in [-0.15, -0.1) is 0 Å². The Morgan fingerprint density at radius 1 is 1.04 bits per heavy atom. The van der Waals surface area contributed by atoms with Gasteiger partial charge in [0.1, 0.15) is 0 Å². The van der Waals surface area contributed by atoms with Crippen LogP contribution in [0.4, 0.5) is 13.2 Å². The van der Waals surface area contributed by atoms with Crippen LogP contribution in [0.3, 0.4) is 0 Å². The SMILES string of the molecule is COC(=O)c1ccc(CNC(=O)Cc2cccc(C(F)(F)F)c2)cc1. The molecule has 7 heteroatoms. The van der Waals surface area contributed by atoms with Crippen molar-refractivity contribution >= 4 is 11.9 Å². The molecule has 0 aromatic heterocycles. The highest BCUT2D eigenvalue weighted by Crippen LogP contribution is 2.29. The van der Waals surface area contributed by atoms with Crippen LogP contribution in [0.15, 0.2) is 48.5 Å². The van der Waals surface area contributed by atoms with E-state index in [1.54, 1.807) is 24.3 Å². The molecule has 2 aromatic carbocycles. The molecular formula is C18H16F3NO3. The number of amides is 1. The summed E-state index contributed by atoms with van der Waals surface area (Å²) in [5, 5.41) is 2.63. The molecule has 0 saturated heterocycles. The Labute approximate surface area is 142 Å². The Morgan fingerprint density at radius 2 is 1.72 bits per heavy atom. The van der Waals surface area contributed by atoms with Gasteiger partial charge < -0.3 is 10.1 Å². The van der Waals surface area contributed by atoms with E-state index in [2.05, 4.69) is 10.1 Å². The monoisotopic (exact) mass is 351 g/mol. The molecule has 132 valence electrons. The maximum atomic E-state index is 12.7. The smallest absolute Gasteiger partial charge is 0.416 e. The van der Waals surface area contributed by atoms with Crippen molar-refractivity contribution in [2.75, 3.05) is 7.11 Å². The molecule has 0 unspecified atom stereocenters. The molecule has 1 amide bonds. The van der Waals surface area contributed by atoms with E-state index in [1.807, 2.05) is 0 Å². The summed E-state index contributed by atoms with van der Waals surface area (Å²) in [4.78, 5) is 23.2. The van der Waals surface area contributed by atoms with Gasteiger partial charge in [-0.2, -0.15) is 13.2 Å². The van der Waals surface area contributed by atoms with E-state index in [9.17, 15) is 22.8 Å². The van der Waals surface area contributed by atoms with Gasteiger partial charge in [0, 0.05) is 6.54 Å². The van der Waals surface area contributed by atoms with Crippen molar-refractivity contribution in [2.24, 2.45) is 0 Å². The second kappa shape index (κ2) is 7.83. The van der Waals surface area contributed by atoms with Gasteiger partial charge in [-0.25, -0.2) is 4.79 Å². The summed E-state index contributed by atoms with van der Waals surface area (Å²) in [5.74, 6) is -0.850. The molecule has 2 rings (SSSR count). The second-order valence-electron chi connectivity index (χ2n) is 5.34. The fourth-order valence-electron chi connectivity index (χ4n) is 2.18. The number of halogens is 3. The maximum Gasteiger partial charge on any atom is 0.416 e. The van der Waals surface area contributed by atoms with E-state index in [0.29, 0.717) is 5.56 Å². The lowest BCUT2D eigenvalue weighted by atomic mass is 10.1. The van der Waals surface area contributed by atoms with Gasteiger partial charge in [0.2, 0.25) is 5.91 Å². The van der Waals surface area contributed by atoms with E-state index in [0.717, 1.165) is 17.7 Å². The first-order valence-corrected chi connectivity index (χ1v) is 7.39. The minimum Gasteiger partial charge on any atom is -0.465 e. The molecule has 0 aliphatic carbocycles. The number of benzene rings is 2. The molecule has 0 aliphatic rings. The zero-order valence-corrected chi connectivity index (χ0v) is 13.4. The third-order valence-electron chi connectivity index (χ3n) is 3.48. The maximum absolute atomic E-state index is 12.7. The van der Waals surface area contributed by atoms with Crippen LogP contribution in [0.25, 0.3) is 0 Å². The molecular weight excluding hydrogens is 335 g/mol. The van der Waals surface area contributed by atoms with Crippen LogP contribution in [-0.4, -0.2) is 19.0 Å². The standard InChI is InChI=1S/C18H16F3NO3/c1-25-17(24)14-7-5-12(6-8-14)11-22-16(23)10-13-3-2-4-15(9-13)18(19,20)21/h2-9H,10-11H2,1H3,(H,22,23). The van der Waals surface area contributed by atoms with Crippen molar-refractivity contribution in [2.45, 2.75) is 19.1 Å². The lowest BCUT2D eigenvalue weighted by molar-refractivity contribution is -0.137. The first kappa shape index (κ1) is 18.5. The fourth-order valence-corrected chi connectivity index (χ4v) is 2.18. The normalized spacial score (nSPS) is 11.0. The Balaban J connectivity index is 1.92. The van der Waals surface area contributed by atoms with Crippen molar-refractivity contribution < 1.29 is 27.5 Å². The zero-order valence-electron chi connectivity index (χ0n) is 13.4. The van der Waals surface area contributed by atoms with Gasteiger partial charge in [0.25, 0.3) is 0 Å². The quantitative estimate of drug-likeness (QED) is 0.841. The van der Waals surface area contributed by atoms with Crippen LogP contribution in [0, 0.1) is 0 Å². The summed E-state index contributed by atoms with van der Waals surface area (Å²) in [6.45, 7) is 0.208. The van der Waals surface area contributed by atoms with Crippen molar-refractivity contribution in [3.63, 3.8) is 0 Å². The molecule has 1 N–H and O–H groups in total. The Morgan fingerprint density at radius 3 is 2.32 bits per heavy atom. The molecule has 0 radical (unpaired) electrons. The molecule has 0 aliphatic heterocycles. The molecule has 4 nitrogen and oxygen atoms in total. The average Bonchev–Trinajstić information content (AvgIpc) is 2.59. The largest absolute Gasteiger partial charge is 0.465 e. The summed E-state index contributed by atoms with van der Waals surface area (Å²) in [5.41, 5.74) is 0.649. The van der Waals surface area contributed by atoms with E-state index in [-0.39, 0.29) is 18.5 Å². The summed E-state index contributed by atoms with van der Waals surface area (Å²) in [6.07, 6.45) is -4.59. The van der Waals surface area contributed by atoms with Gasteiger partial charge in [-0.3, -0.25) is 4.79 Å². The van der Waals surface area contributed by atoms with Crippen LogP contribution >= 0.6 is 0 Å². The fraction of sp³-hybridized carbons (Fsp3) is 0.222. The predicted octanol–water partition coefficient (Wildman–Crippen LogP) is 3.35. The lowest BCUT2D eigenvalue weighted by Crippen LogP contribution is -2.24. The Hall–Kier alpha value is -2.83. The van der Waals surface area contributed by atoms with Crippen molar-refractivity contribution in [3.05, 3.63) is 70.8 Å². The number of carbonyl (C=O) groups excluding carboxylic acids is 2. The van der Waals surface area contributed by atoms with Crippen LogP contribution < -0.4 is 5.32 Å². The van der Waals surface area contributed by atoms with Gasteiger partial charge in [-0.1, -0.05) is 30.3 Å². The highest BCUT2D eigenvalue weighted by Gasteiger charge is 2.30. The summed E-state index contributed by atoms with van der Waals surface area (Å²) < 4.78 is 42.6. The number of hydrogen-bond donors (Lipinski definition) is 1. The molecule has 0 saturated carbocycles. The Kier molecular flexibility index (Phi) is 5.80. The van der Waals surface area contributed by atoms with Gasteiger partial charge in [0.15, 0.2) is 0 Å². The van der Waals surface area contributed by atoms with Crippen molar-refractivity contribution in [1.82, 2.24) is 5.32 Å². The third kappa shape index (κ3) is 5.34. The number of nitrogens with one attached hydrogen (secondary N) is 1. The summed E-state index contributed by atoms with van der Waals surface area (Å²) >= 11 is 0. The first-order chi connectivity index (χ1) is 11.8. The first-order valence-electron chi connectivity index (χ1n) is 7.39. The molecule has 25 heavy (non-hydrogen) atoms. The number of hydrogen-bond acceptors (Lipinski definition) is 3. The minimum absolute atomic E-state index is 0.149. The van der Waals surface area contributed by atoms with Crippen LogP contribution in [0.1, 0.15) is 27.0 Å². The van der Waals surface area contributed by atoms with E-state index in [4.69, 9.17) is 0 Å². The van der Waals surface area contributed by atoms with Gasteiger partial charge >= 0.3 is 12.1 Å². The predicted molar refractivity (Wildman–Crippen MR) is 84.8 cm³/mol. The summed E-state index contributed by atoms with van der Waals surface area (Å²) in [6, 6.07) is 11.1. The lowest BCUT2D eigenvalue weighted by Gasteiger charge is -2.09. The molecule has 0 spiro atoms. The molecule has 2 aromatic rings. The molecule has 0 heterocycles. The Bertz CT molecular complexity index is 755. The number of esters is 1. The highest BCUT2D eigenvalue weighted by molar-refractivity contribution is 5.89. The van der Waals surface area contributed by atoms with Gasteiger partial charge in [-0.05, 0) is 29.3 Å². The van der Waals surface area contributed by atoms with E-state index in [1.165, 1.54) is 19.2 Å². The van der Waals surface area contributed by atoms with E-state index < -0.39 is 23.6 Å². The van der Waals surface area contributed by atoms with Crippen LogP contribution in [0.5, 0.6) is 0 Å². The molecule has 0 fully saturated rings. The summed E-state index contributed by atoms with van der Waals surface area (Å²) in [7, 11) is 1.28. The van der Waals surface area contributed by atoms with E-state index >= 15 is 0 Å². The van der Waals surface area contributed by atoms with Crippen molar-refractivity contribution in [3.8, 4) is 0 Å². The van der Waals surface area contributed by atoms with Crippen LogP contribution in [0.2, 0.25) is 0 Å². The topological polar surface area (TPSA) is 55.4 Å². The molecule has 0 atom stereocenters.